The zero-order valence-corrected chi connectivity index (χ0v) is 12.1. The van der Waals surface area contributed by atoms with Crippen molar-refractivity contribution >= 4 is 5.69 Å². The van der Waals surface area contributed by atoms with Crippen LogP contribution in [0.25, 0.3) is 0 Å². The van der Waals surface area contributed by atoms with Crippen molar-refractivity contribution in [2.75, 3.05) is 12.4 Å². The molecule has 0 radical (unpaired) electrons. The first kappa shape index (κ1) is 13.3. The molecule has 2 aliphatic carbocycles. The summed E-state index contributed by atoms with van der Waals surface area (Å²) in [6.45, 7) is 0. The summed E-state index contributed by atoms with van der Waals surface area (Å²) in [6, 6.07) is 8.44. The summed E-state index contributed by atoms with van der Waals surface area (Å²) < 4.78 is 5.42. The number of anilines is 1. The van der Waals surface area contributed by atoms with Gasteiger partial charge in [-0.05, 0) is 43.2 Å². The highest BCUT2D eigenvalue weighted by Crippen LogP contribution is 2.53. The Bertz CT molecular complexity index is 526. The molecule has 1 aromatic rings. The first-order valence-electron chi connectivity index (χ1n) is 7.63. The number of methoxy groups -OCH3 is 1. The molecule has 106 valence electrons. The van der Waals surface area contributed by atoms with Gasteiger partial charge in [0.1, 0.15) is 11.8 Å². The zero-order valence-electron chi connectivity index (χ0n) is 12.1. The maximum absolute atomic E-state index is 9.30. The molecule has 3 rings (SSSR count). The molecule has 0 bridgehead atoms. The minimum absolute atomic E-state index is 0.478. The molecule has 3 heteroatoms. The summed E-state index contributed by atoms with van der Waals surface area (Å²) in [4.78, 5) is 0. The van der Waals surface area contributed by atoms with Gasteiger partial charge in [0.15, 0.2) is 0 Å². The number of ether oxygens (including phenoxy) is 1. The normalized spacial score (nSPS) is 23.7. The summed E-state index contributed by atoms with van der Waals surface area (Å²) in [5, 5.41) is 12.9. The highest BCUT2D eigenvalue weighted by molar-refractivity contribution is 5.67. The van der Waals surface area contributed by atoms with Crippen LogP contribution in [0.3, 0.4) is 0 Å². The van der Waals surface area contributed by atoms with Crippen LogP contribution in [0.4, 0.5) is 5.69 Å². The van der Waals surface area contributed by atoms with E-state index in [9.17, 15) is 5.26 Å². The average Bonchev–Trinajstić information content (AvgIpc) is 2.52. The van der Waals surface area contributed by atoms with Crippen LogP contribution in [0, 0.1) is 16.7 Å². The Kier molecular flexibility index (Phi) is 3.56. The number of benzene rings is 1. The van der Waals surface area contributed by atoms with Gasteiger partial charge in [0.05, 0.1) is 18.4 Å². The van der Waals surface area contributed by atoms with E-state index in [1.807, 2.05) is 18.2 Å². The third-order valence-electron chi connectivity index (χ3n) is 5.20. The first-order chi connectivity index (χ1) is 9.79. The minimum Gasteiger partial charge on any atom is -0.495 e. The maximum Gasteiger partial charge on any atom is 0.143 e. The van der Waals surface area contributed by atoms with Crippen molar-refractivity contribution in [2.45, 2.75) is 51.0 Å². The molecule has 0 amide bonds. The van der Waals surface area contributed by atoms with Crippen LogP contribution in [0.5, 0.6) is 5.75 Å². The molecular formula is C17H22N2O. The van der Waals surface area contributed by atoms with Gasteiger partial charge in [-0.3, -0.25) is 0 Å². The molecule has 0 aromatic heterocycles. The number of nitriles is 1. The van der Waals surface area contributed by atoms with Gasteiger partial charge in [0.2, 0.25) is 0 Å². The quantitative estimate of drug-likeness (QED) is 0.899. The van der Waals surface area contributed by atoms with E-state index in [1.165, 1.54) is 44.9 Å². The fourth-order valence-electron chi connectivity index (χ4n) is 3.89. The fraction of sp³-hybridized carbons (Fsp3) is 0.588. The molecule has 20 heavy (non-hydrogen) atoms. The van der Waals surface area contributed by atoms with Crippen molar-refractivity contribution in [3.05, 3.63) is 23.8 Å². The van der Waals surface area contributed by atoms with E-state index in [2.05, 4.69) is 11.4 Å². The van der Waals surface area contributed by atoms with Gasteiger partial charge in [0, 0.05) is 6.04 Å². The van der Waals surface area contributed by atoms with E-state index in [-0.39, 0.29) is 0 Å². The van der Waals surface area contributed by atoms with Crippen molar-refractivity contribution in [3.63, 3.8) is 0 Å². The minimum atomic E-state index is 0.478. The van der Waals surface area contributed by atoms with Crippen LogP contribution in [0.2, 0.25) is 0 Å². The lowest BCUT2D eigenvalue weighted by Crippen LogP contribution is -2.50. The van der Waals surface area contributed by atoms with Crippen LogP contribution < -0.4 is 10.1 Å². The maximum atomic E-state index is 9.30. The van der Waals surface area contributed by atoms with Gasteiger partial charge in [-0.25, -0.2) is 0 Å². The second-order valence-corrected chi connectivity index (χ2v) is 6.15. The summed E-state index contributed by atoms with van der Waals surface area (Å²) in [7, 11) is 1.67. The topological polar surface area (TPSA) is 45.0 Å². The highest BCUT2D eigenvalue weighted by atomic mass is 16.5. The predicted octanol–water partition coefficient (Wildman–Crippen LogP) is 4.09. The molecule has 1 aromatic carbocycles. The Morgan fingerprint density at radius 3 is 2.65 bits per heavy atom. The van der Waals surface area contributed by atoms with Crippen LogP contribution in [-0.2, 0) is 0 Å². The van der Waals surface area contributed by atoms with Crippen molar-refractivity contribution in [1.29, 1.82) is 5.26 Å². The Labute approximate surface area is 120 Å². The van der Waals surface area contributed by atoms with Crippen molar-refractivity contribution in [1.82, 2.24) is 0 Å². The Morgan fingerprint density at radius 2 is 2.05 bits per heavy atom. The summed E-state index contributed by atoms with van der Waals surface area (Å²) >= 11 is 0. The van der Waals surface area contributed by atoms with E-state index in [1.54, 1.807) is 7.11 Å². The molecule has 2 fully saturated rings. The molecule has 3 nitrogen and oxygen atoms in total. The Morgan fingerprint density at radius 1 is 1.25 bits per heavy atom. The van der Waals surface area contributed by atoms with Gasteiger partial charge in [0.25, 0.3) is 0 Å². The standard InChI is InChI=1S/C17H22N2O/c1-20-14-7-5-6-13(12-18)16(14)19-15-8-11-17(15)9-3-2-4-10-17/h5-7,15,19H,2-4,8-11H2,1H3. The van der Waals surface area contributed by atoms with E-state index in [0.29, 0.717) is 17.0 Å². The summed E-state index contributed by atoms with van der Waals surface area (Å²) in [5.74, 6) is 0.780. The third-order valence-corrected chi connectivity index (χ3v) is 5.20. The van der Waals surface area contributed by atoms with Crippen molar-refractivity contribution in [3.8, 4) is 11.8 Å². The smallest absolute Gasteiger partial charge is 0.143 e. The van der Waals surface area contributed by atoms with Crippen LogP contribution >= 0.6 is 0 Å². The van der Waals surface area contributed by atoms with Gasteiger partial charge >= 0.3 is 0 Å². The lowest BCUT2D eigenvalue weighted by Gasteiger charge is -2.52. The van der Waals surface area contributed by atoms with E-state index < -0.39 is 0 Å². The number of hydrogen-bond acceptors (Lipinski definition) is 3. The predicted molar refractivity (Wildman–Crippen MR) is 79.9 cm³/mol. The molecule has 1 N–H and O–H groups in total. The van der Waals surface area contributed by atoms with Gasteiger partial charge < -0.3 is 10.1 Å². The monoisotopic (exact) mass is 270 g/mol. The molecule has 2 saturated carbocycles. The molecular weight excluding hydrogens is 248 g/mol. The number of rotatable bonds is 3. The summed E-state index contributed by atoms with van der Waals surface area (Å²) in [6.07, 6.45) is 9.31. The van der Waals surface area contributed by atoms with E-state index >= 15 is 0 Å². The largest absolute Gasteiger partial charge is 0.495 e. The third kappa shape index (κ3) is 2.14. The number of para-hydroxylation sites is 1. The molecule has 1 atom stereocenters. The van der Waals surface area contributed by atoms with Crippen molar-refractivity contribution < 1.29 is 4.74 Å². The van der Waals surface area contributed by atoms with Gasteiger partial charge in [-0.2, -0.15) is 5.26 Å². The Balaban J connectivity index is 1.83. The number of nitrogens with one attached hydrogen (secondary N) is 1. The van der Waals surface area contributed by atoms with Gasteiger partial charge in [-0.15, -0.1) is 0 Å². The van der Waals surface area contributed by atoms with Gasteiger partial charge in [-0.1, -0.05) is 25.3 Å². The molecule has 0 heterocycles. The second-order valence-electron chi connectivity index (χ2n) is 6.15. The molecule has 1 unspecified atom stereocenters. The summed E-state index contributed by atoms with van der Waals surface area (Å²) in [5.41, 5.74) is 2.04. The SMILES string of the molecule is COc1cccc(C#N)c1NC1CCC12CCCCC2. The second kappa shape index (κ2) is 5.36. The molecule has 0 saturated heterocycles. The Hall–Kier alpha value is -1.69. The lowest BCUT2D eigenvalue weighted by atomic mass is 9.57. The van der Waals surface area contributed by atoms with Crippen LogP contribution in [0.15, 0.2) is 18.2 Å². The number of hydrogen-bond donors (Lipinski definition) is 1. The molecule has 1 spiro atoms. The fourth-order valence-corrected chi connectivity index (χ4v) is 3.89. The lowest BCUT2D eigenvalue weighted by molar-refractivity contribution is 0.0570. The number of nitrogens with zero attached hydrogens (tertiary/aromatic N) is 1. The van der Waals surface area contributed by atoms with Crippen molar-refractivity contribution in [2.24, 2.45) is 5.41 Å². The zero-order chi connectivity index (χ0) is 14.0. The molecule has 2 aliphatic rings. The highest BCUT2D eigenvalue weighted by Gasteiger charge is 2.47. The van der Waals surface area contributed by atoms with E-state index in [4.69, 9.17) is 4.74 Å². The van der Waals surface area contributed by atoms with Crippen LogP contribution in [-0.4, -0.2) is 13.2 Å². The first-order valence-corrected chi connectivity index (χ1v) is 7.63. The average molecular weight is 270 g/mol. The van der Waals surface area contributed by atoms with E-state index in [0.717, 1.165) is 11.4 Å². The molecule has 0 aliphatic heterocycles. The van der Waals surface area contributed by atoms with Crippen LogP contribution in [0.1, 0.15) is 50.5 Å².